The van der Waals surface area contributed by atoms with Gasteiger partial charge < -0.3 is 0 Å². The molecule has 0 aliphatic rings. The maximum Gasteiger partial charge on any atom is 0.269 e. The van der Waals surface area contributed by atoms with Crippen LogP contribution in [0, 0.1) is 16.0 Å². The molecule has 0 N–H and O–H groups in total. The van der Waals surface area contributed by atoms with Crippen molar-refractivity contribution in [3.8, 4) is 0 Å². The van der Waals surface area contributed by atoms with Crippen molar-refractivity contribution in [3.63, 3.8) is 0 Å². The third-order valence-electron chi connectivity index (χ3n) is 1.96. The topological polar surface area (TPSA) is 77.3 Å². The van der Waals surface area contributed by atoms with Crippen molar-refractivity contribution >= 4 is 15.5 Å². The van der Waals surface area contributed by atoms with Gasteiger partial charge in [0.15, 0.2) is 9.84 Å². The number of hydrogen-bond acceptors (Lipinski definition) is 4. The molecule has 0 atom stereocenters. The van der Waals surface area contributed by atoms with Gasteiger partial charge in [-0.2, -0.15) is 0 Å². The highest BCUT2D eigenvalue weighted by Crippen LogP contribution is 2.18. The maximum absolute atomic E-state index is 11.8. The van der Waals surface area contributed by atoms with Crippen LogP contribution >= 0.6 is 0 Å². The normalized spacial score (nSPS) is 11.7. The van der Waals surface area contributed by atoms with Gasteiger partial charge >= 0.3 is 0 Å². The molecule has 0 bridgehead atoms. The quantitative estimate of drug-likeness (QED) is 0.598. The smallest absolute Gasteiger partial charge is 0.258 e. The van der Waals surface area contributed by atoms with Crippen molar-refractivity contribution in [2.75, 3.05) is 5.75 Å². The Labute approximate surface area is 94.2 Å². The van der Waals surface area contributed by atoms with Gasteiger partial charge in [-0.25, -0.2) is 8.42 Å². The van der Waals surface area contributed by atoms with Crippen molar-refractivity contribution in [2.45, 2.75) is 18.7 Å². The van der Waals surface area contributed by atoms with Crippen LogP contribution < -0.4 is 0 Å². The summed E-state index contributed by atoms with van der Waals surface area (Å²) in [5.41, 5.74) is -0.108. The van der Waals surface area contributed by atoms with Crippen molar-refractivity contribution in [1.29, 1.82) is 0 Å². The van der Waals surface area contributed by atoms with E-state index in [0.29, 0.717) is 0 Å². The number of hydrogen-bond donors (Lipinski definition) is 0. The summed E-state index contributed by atoms with van der Waals surface area (Å²) in [6.45, 7) is 3.62. The average molecular weight is 243 g/mol. The molecule has 16 heavy (non-hydrogen) atoms. The zero-order valence-corrected chi connectivity index (χ0v) is 9.90. The van der Waals surface area contributed by atoms with Crippen LogP contribution in [-0.2, 0) is 9.84 Å². The molecule has 0 aliphatic carbocycles. The molecule has 1 aromatic rings. The van der Waals surface area contributed by atoms with Crippen LogP contribution in [0.1, 0.15) is 13.8 Å². The Morgan fingerprint density at radius 2 is 1.75 bits per heavy atom. The van der Waals surface area contributed by atoms with Crippen molar-refractivity contribution in [1.82, 2.24) is 0 Å². The summed E-state index contributed by atoms with van der Waals surface area (Å²) in [6, 6.07) is 4.95. The largest absolute Gasteiger partial charge is 0.269 e. The maximum atomic E-state index is 11.8. The Morgan fingerprint density at radius 1 is 1.25 bits per heavy atom. The fourth-order valence-electron chi connectivity index (χ4n) is 1.31. The van der Waals surface area contributed by atoms with Crippen molar-refractivity contribution in [2.24, 2.45) is 5.92 Å². The standard InChI is InChI=1S/C10H13NO4S/c1-8(2)7-16(14,15)10-5-3-9(4-6-10)11(12)13/h3-6,8H,7H2,1-2H3. The monoisotopic (exact) mass is 243 g/mol. The minimum Gasteiger partial charge on any atom is -0.258 e. The molecule has 6 heteroatoms. The number of non-ortho nitro benzene ring substituents is 1. The van der Waals surface area contributed by atoms with E-state index in [0.717, 1.165) is 0 Å². The van der Waals surface area contributed by atoms with Crippen LogP contribution in [0.25, 0.3) is 0 Å². The minimum atomic E-state index is -3.32. The lowest BCUT2D eigenvalue weighted by Gasteiger charge is -2.06. The highest BCUT2D eigenvalue weighted by atomic mass is 32.2. The van der Waals surface area contributed by atoms with E-state index in [1.54, 1.807) is 0 Å². The number of sulfone groups is 1. The van der Waals surface area contributed by atoms with Gasteiger partial charge in [0.2, 0.25) is 0 Å². The Morgan fingerprint density at radius 3 is 2.12 bits per heavy atom. The first-order valence-corrected chi connectivity index (χ1v) is 6.45. The van der Waals surface area contributed by atoms with E-state index in [-0.39, 0.29) is 22.3 Å². The molecule has 88 valence electrons. The van der Waals surface area contributed by atoms with E-state index in [1.165, 1.54) is 24.3 Å². The van der Waals surface area contributed by atoms with Gasteiger partial charge in [-0.3, -0.25) is 10.1 Å². The Bertz CT molecular complexity index is 476. The number of nitrogens with zero attached hydrogens (tertiary/aromatic N) is 1. The molecule has 1 rings (SSSR count). The highest BCUT2D eigenvalue weighted by Gasteiger charge is 2.17. The molecule has 0 heterocycles. The first kappa shape index (κ1) is 12.6. The molecular weight excluding hydrogens is 230 g/mol. The number of nitro benzene ring substituents is 1. The Kier molecular flexibility index (Phi) is 3.64. The van der Waals surface area contributed by atoms with E-state index in [9.17, 15) is 18.5 Å². The summed E-state index contributed by atoms with van der Waals surface area (Å²) in [5.74, 6) is 0.0744. The van der Waals surface area contributed by atoms with Gasteiger partial charge in [-0.05, 0) is 18.1 Å². The number of benzene rings is 1. The Hall–Kier alpha value is -1.43. The fourth-order valence-corrected chi connectivity index (χ4v) is 2.93. The summed E-state index contributed by atoms with van der Waals surface area (Å²) >= 11 is 0. The van der Waals surface area contributed by atoms with E-state index in [4.69, 9.17) is 0 Å². The first-order chi connectivity index (χ1) is 7.33. The van der Waals surface area contributed by atoms with Crippen LogP contribution in [0.15, 0.2) is 29.2 Å². The summed E-state index contributed by atoms with van der Waals surface area (Å²) in [6.07, 6.45) is 0. The van der Waals surface area contributed by atoms with Crippen molar-refractivity contribution < 1.29 is 13.3 Å². The van der Waals surface area contributed by atoms with Crippen LogP contribution in [0.5, 0.6) is 0 Å². The van der Waals surface area contributed by atoms with Gasteiger partial charge in [0, 0.05) is 12.1 Å². The lowest BCUT2D eigenvalue weighted by Crippen LogP contribution is -2.11. The zero-order chi connectivity index (χ0) is 12.3. The summed E-state index contributed by atoms with van der Waals surface area (Å²) < 4.78 is 23.5. The molecule has 0 unspecified atom stereocenters. The van der Waals surface area contributed by atoms with Gasteiger partial charge in [-0.15, -0.1) is 0 Å². The highest BCUT2D eigenvalue weighted by molar-refractivity contribution is 7.91. The summed E-state index contributed by atoms with van der Waals surface area (Å²) in [7, 11) is -3.32. The molecule has 0 amide bonds. The second-order valence-corrected chi connectivity index (χ2v) is 5.96. The second-order valence-electron chi connectivity index (χ2n) is 3.93. The number of nitro groups is 1. The summed E-state index contributed by atoms with van der Waals surface area (Å²) in [5, 5.41) is 10.4. The number of rotatable bonds is 4. The fraction of sp³-hybridized carbons (Fsp3) is 0.400. The SMILES string of the molecule is CC(C)CS(=O)(=O)c1ccc([N+](=O)[O-])cc1. The predicted octanol–water partition coefficient (Wildman–Crippen LogP) is 2.02. The van der Waals surface area contributed by atoms with Crippen LogP contribution in [-0.4, -0.2) is 19.1 Å². The van der Waals surface area contributed by atoms with Gasteiger partial charge in [0.05, 0.1) is 15.6 Å². The first-order valence-electron chi connectivity index (χ1n) is 4.80. The molecular formula is C10H13NO4S. The minimum absolute atomic E-state index is 0.0280. The molecule has 0 spiro atoms. The molecule has 0 saturated carbocycles. The zero-order valence-electron chi connectivity index (χ0n) is 9.08. The van der Waals surface area contributed by atoms with Crippen LogP contribution in [0.2, 0.25) is 0 Å². The van der Waals surface area contributed by atoms with Gasteiger partial charge in [0.25, 0.3) is 5.69 Å². The van der Waals surface area contributed by atoms with Crippen molar-refractivity contribution in [3.05, 3.63) is 34.4 Å². The lowest BCUT2D eigenvalue weighted by molar-refractivity contribution is -0.384. The second kappa shape index (κ2) is 4.61. The predicted molar refractivity (Wildman–Crippen MR) is 60.0 cm³/mol. The van der Waals surface area contributed by atoms with Crippen LogP contribution in [0.3, 0.4) is 0 Å². The summed E-state index contributed by atoms with van der Waals surface area (Å²) in [4.78, 5) is 9.97. The van der Waals surface area contributed by atoms with Gasteiger partial charge in [0.1, 0.15) is 0 Å². The van der Waals surface area contributed by atoms with E-state index in [2.05, 4.69) is 0 Å². The molecule has 0 aromatic heterocycles. The lowest BCUT2D eigenvalue weighted by atomic mass is 10.3. The average Bonchev–Trinajstić information content (AvgIpc) is 2.16. The third-order valence-corrected chi connectivity index (χ3v) is 4.06. The molecule has 0 fully saturated rings. The van der Waals surface area contributed by atoms with E-state index >= 15 is 0 Å². The third kappa shape index (κ3) is 3.03. The molecule has 0 aliphatic heterocycles. The molecule has 5 nitrogen and oxygen atoms in total. The Balaban J connectivity index is 3.02. The van der Waals surface area contributed by atoms with Crippen LogP contribution in [0.4, 0.5) is 5.69 Å². The van der Waals surface area contributed by atoms with E-state index in [1.807, 2.05) is 13.8 Å². The molecule has 1 aromatic carbocycles. The van der Waals surface area contributed by atoms with Gasteiger partial charge in [-0.1, -0.05) is 13.8 Å². The molecule has 0 radical (unpaired) electrons. The van der Waals surface area contributed by atoms with E-state index < -0.39 is 14.8 Å². The molecule has 0 saturated heterocycles.